The molecule has 20 heavy (non-hydrogen) atoms. The number of benzene rings is 1. The van der Waals surface area contributed by atoms with Crippen LogP contribution in [0.15, 0.2) is 40.9 Å². The second-order valence-electron chi connectivity index (χ2n) is 4.41. The number of carbonyl (C=O) groups is 1. The summed E-state index contributed by atoms with van der Waals surface area (Å²) in [7, 11) is 0. The van der Waals surface area contributed by atoms with E-state index in [0.717, 1.165) is 18.4 Å². The summed E-state index contributed by atoms with van der Waals surface area (Å²) in [6.45, 7) is 3.09. The summed E-state index contributed by atoms with van der Waals surface area (Å²) < 4.78 is 10.4. The van der Waals surface area contributed by atoms with Crippen molar-refractivity contribution in [3.8, 4) is 5.88 Å². The molecule has 0 bridgehead atoms. The third kappa shape index (κ3) is 4.12. The van der Waals surface area contributed by atoms with Crippen LogP contribution in [-0.4, -0.2) is 17.6 Å². The molecule has 2 aromatic rings. The van der Waals surface area contributed by atoms with Gasteiger partial charge in [0.2, 0.25) is 5.76 Å². The van der Waals surface area contributed by atoms with Gasteiger partial charge in [0.25, 0.3) is 11.8 Å². The van der Waals surface area contributed by atoms with Gasteiger partial charge < -0.3 is 14.6 Å². The van der Waals surface area contributed by atoms with Crippen LogP contribution in [0.4, 0.5) is 0 Å². The highest BCUT2D eigenvalue weighted by Crippen LogP contribution is 2.13. The summed E-state index contributed by atoms with van der Waals surface area (Å²) in [6.07, 6.45) is 1.97. The van der Waals surface area contributed by atoms with Crippen LogP contribution < -0.4 is 10.1 Å². The predicted molar refractivity (Wildman–Crippen MR) is 74.5 cm³/mol. The molecule has 1 aromatic carbocycles. The molecule has 0 aliphatic carbocycles. The molecule has 5 heteroatoms. The molecule has 0 fully saturated rings. The fraction of sp³-hybridized carbons (Fsp3) is 0.333. The number of rotatable bonds is 7. The number of hydrogen-bond donors (Lipinski definition) is 1. The molecule has 0 radical (unpaired) electrons. The van der Waals surface area contributed by atoms with Crippen LogP contribution in [0.2, 0.25) is 0 Å². The van der Waals surface area contributed by atoms with E-state index in [-0.39, 0.29) is 11.7 Å². The molecule has 1 aromatic heterocycles. The number of nitrogens with zero attached hydrogens (tertiary/aromatic N) is 1. The van der Waals surface area contributed by atoms with Crippen molar-refractivity contribution in [2.75, 3.05) is 6.54 Å². The maximum absolute atomic E-state index is 11.7. The van der Waals surface area contributed by atoms with Gasteiger partial charge in [-0.3, -0.25) is 4.79 Å². The first-order valence-corrected chi connectivity index (χ1v) is 6.71. The van der Waals surface area contributed by atoms with Crippen LogP contribution in [-0.2, 0) is 6.61 Å². The van der Waals surface area contributed by atoms with Crippen LogP contribution in [0.5, 0.6) is 5.88 Å². The quantitative estimate of drug-likeness (QED) is 0.788. The van der Waals surface area contributed by atoms with Gasteiger partial charge in [0.05, 0.1) is 6.07 Å². The molecule has 0 saturated carbocycles. The average molecular weight is 274 g/mol. The fourth-order valence-corrected chi connectivity index (χ4v) is 1.63. The van der Waals surface area contributed by atoms with Gasteiger partial charge in [-0.15, -0.1) is 0 Å². The predicted octanol–water partition coefficient (Wildman–Crippen LogP) is 2.78. The molecule has 0 aliphatic rings. The molecule has 1 heterocycles. The Morgan fingerprint density at radius 3 is 2.90 bits per heavy atom. The summed E-state index contributed by atoms with van der Waals surface area (Å²) in [5.74, 6) is 0.221. The van der Waals surface area contributed by atoms with Crippen molar-refractivity contribution in [2.45, 2.75) is 26.4 Å². The Kier molecular flexibility index (Phi) is 5.17. The van der Waals surface area contributed by atoms with Crippen LogP contribution in [0.1, 0.15) is 35.9 Å². The fourth-order valence-electron chi connectivity index (χ4n) is 1.63. The van der Waals surface area contributed by atoms with Crippen molar-refractivity contribution in [1.29, 1.82) is 0 Å². The number of amides is 1. The number of hydrogen-bond acceptors (Lipinski definition) is 4. The number of unbranched alkanes of at least 4 members (excludes halogenated alkanes) is 1. The Bertz CT molecular complexity index is 537. The summed E-state index contributed by atoms with van der Waals surface area (Å²) in [5.41, 5.74) is 1.03. The summed E-state index contributed by atoms with van der Waals surface area (Å²) in [6, 6.07) is 11.2. The van der Waals surface area contributed by atoms with Crippen molar-refractivity contribution in [1.82, 2.24) is 10.5 Å². The number of nitrogens with one attached hydrogen (secondary N) is 1. The van der Waals surface area contributed by atoms with E-state index >= 15 is 0 Å². The number of aromatic nitrogens is 1. The van der Waals surface area contributed by atoms with E-state index in [1.165, 1.54) is 6.07 Å². The minimum absolute atomic E-state index is 0.171. The highest BCUT2D eigenvalue weighted by Gasteiger charge is 2.13. The Labute approximate surface area is 117 Å². The molecule has 0 spiro atoms. The van der Waals surface area contributed by atoms with Crippen molar-refractivity contribution in [2.24, 2.45) is 0 Å². The van der Waals surface area contributed by atoms with Gasteiger partial charge >= 0.3 is 0 Å². The second-order valence-corrected chi connectivity index (χ2v) is 4.41. The lowest BCUT2D eigenvalue weighted by Gasteiger charge is -2.01. The summed E-state index contributed by atoms with van der Waals surface area (Å²) >= 11 is 0. The molecular weight excluding hydrogens is 256 g/mol. The van der Waals surface area contributed by atoms with E-state index in [1.54, 1.807) is 0 Å². The van der Waals surface area contributed by atoms with Gasteiger partial charge in [-0.05, 0) is 17.1 Å². The molecular formula is C15H18N2O3. The molecule has 5 nitrogen and oxygen atoms in total. The van der Waals surface area contributed by atoms with Gasteiger partial charge in [-0.1, -0.05) is 43.7 Å². The first-order valence-electron chi connectivity index (χ1n) is 6.71. The zero-order valence-corrected chi connectivity index (χ0v) is 11.5. The zero-order chi connectivity index (χ0) is 14.2. The maximum atomic E-state index is 11.7. The lowest BCUT2D eigenvalue weighted by atomic mass is 10.2. The highest BCUT2D eigenvalue weighted by molar-refractivity contribution is 5.91. The monoisotopic (exact) mass is 274 g/mol. The smallest absolute Gasteiger partial charge is 0.290 e. The molecule has 1 N–H and O–H groups in total. The molecule has 0 atom stereocenters. The number of carbonyl (C=O) groups excluding carboxylic acids is 1. The first kappa shape index (κ1) is 14.1. The van der Waals surface area contributed by atoms with E-state index in [2.05, 4.69) is 17.4 Å². The van der Waals surface area contributed by atoms with Gasteiger partial charge in [-0.25, -0.2) is 0 Å². The van der Waals surface area contributed by atoms with E-state index in [0.29, 0.717) is 19.0 Å². The minimum atomic E-state index is -0.263. The lowest BCUT2D eigenvalue weighted by molar-refractivity contribution is 0.0916. The molecule has 106 valence electrons. The minimum Gasteiger partial charge on any atom is -0.471 e. The third-order valence-corrected chi connectivity index (χ3v) is 2.76. The van der Waals surface area contributed by atoms with Crippen molar-refractivity contribution >= 4 is 5.91 Å². The second kappa shape index (κ2) is 7.33. The molecule has 0 saturated heterocycles. The van der Waals surface area contributed by atoms with Crippen LogP contribution in [0.25, 0.3) is 0 Å². The van der Waals surface area contributed by atoms with E-state index in [4.69, 9.17) is 9.26 Å². The van der Waals surface area contributed by atoms with Gasteiger partial charge in [0.1, 0.15) is 6.61 Å². The maximum Gasteiger partial charge on any atom is 0.290 e. The SMILES string of the molecule is CCCCNC(=O)c1cc(OCc2ccccc2)no1. The third-order valence-electron chi connectivity index (χ3n) is 2.76. The molecule has 0 unspecified atom stereocenters. The van der Waals surface area contributed by atoms with Crippen LogP contribution in [0, 0.1) is 0 Å². The zero-order valence-electron chi connectivity index (χ0n) is 11.5. The summed E-state index contributed by atoms with van der Waals surface area (Å²) in [5, 5.41) is 6.48. The Morgan fingerprint density at radius 2 is 2.15 bits per heavy atom. The Hall–Kier alpha value is -2.30. The summed E-state index contributed by atoms with van der Waals surface area (Å²) in [4.78, 5) is 11.7. The highest BCUT2D eigenvalue weighted by atomic mass is 16.5. The van der Waals surface area contributed by atoms with E-state index in [9.17, 15) is 4.79 Å². The van der Waals surface area contributed by atoms with Crippen molar-refractivity contribution in [3.05, 3.63) is 47.7 Å². The average Bonchev–Trinajstić information content (AvgIpc) is 2.95. The standard InChI is InChI=1S/C15H18N2O3/c1-2-3-9-16-15(18)13-10-14(17-20-13)19-11-12-7-5-4-6-8-12/h4-8,10H,2-3,9,11H2,1H3,(H,16,18). The Morgan fingerprint density at radius 1 is 1.35 bits per heavy atom. The van der Waals surface area contributed by atoms with Crippen LogP contribution in [0.3, 0.4) is 0 Å². The van der Waals surface area contributed by atoms with Gasteiger partial charge in [0.15, 0.2) is 0 Å². The Balaban J connectivity index is 1.84. The number of ether oxygens (including phenoxy) is 1. The normalized spacial score (nSPS) is 10.2. The largest absolute Gasteiger partial charge is 0.471 e. The molecule has 2 rings (SSSR count). The first-order chi connectivity index (χ1) is 9.79. The van der Waals surface area contributed by atoms with Crippen molar-refractivity contribution in [3.63, 3.8) is 0 Å². The van der Waals surface area contributed by atoms with E-state index < -0.39 is 0 Å². The van der Waals surface area contributed by atoms with Crippen LogP contribution >= 0.6 is 0 Å². The van der Waals surface area contributed by atoms with Gasteiger partial charge in [0, 0.05) is 6.54 Å². The topological polar surface area (TPSA) is 64.4 Å². The molecule has 1 amide bonds. The van der Waals surface area contributed by atoms with E-state index in [1.807, 2.05) is 30.3 Å². The molecule has 0 aliphatic heterocycles. The van der Waals surface area contributed by atoms with Crippen molar-refractivity contribution < 1.29 is 14.1 Å². The lowest BCUT2D eigenvalue weighted by Crippen LogP contribution is -2.23. The van der Waals surface area contributed by atoms with Gasteiger partial charge in [-0.2, -0.15) is 0 Å².